The summed E-state index contributed by atoms with van der Waals surface area (Å²) in [6.45, 7) is 2.00. The molecule has 0 bridgehead atoms. The summed E-state index contributed by atoms with van der Waals surface area (Å²) in [6, 6.07) is 14.3. The molecule has 0 aliphatic carbocycles. The van der Waals surface area contributed by atoms with E-state index in [0.29, 0.717) is 22.0 Å². The van der Waals surface area contributed by atoms with Gasteiger partial charge in [-0.25, -0.2) is 4.57 Å². The maximum Gasteiger partial charge on any atom is 0.319 e. The van der Waals surface area contributed by atoms with Crippen LogP contribution in [0.3, 0.4) is 0 Å². The zero-order chi connectivity index (χ0) is 25.3. The quantitative estimate of drug-likeness (QED) is 0.365. The van der Waals surface area contributed by atoms with E-state index >= 15 is 0 Å². The summed E-state index contributed by atoms with van der Waals surface area (Å²) in [7, 11) is 3.09. The molecule has 4 rings (SSSR count). The maximum atomic E-state index is 13.3. The van der Waals surface area contributed by atoms with E-state index in [4.69, 9.17) is 16.3 Å². The molecule has 0 atom stereocenters. The first kappa shape index (κ1) is 23.9. The van der Waals surface area contributed by atoms with Crippen LogP contribution in [0.4, 0.5) is 0 Å². The molecule has 0 spiro atoms. The minimum Gasteiger partial charge on any atom is -0.507 e. The third kappa shape index (κ3) is 4.58. The van der Waals surface area contributed by atoms with Crippen molar-refractivity contribution in [1.29, 1.82) is 0 Å². The Balaban J connectivity index is 1.75. The summed E-state index contributed by atoms with van der Waals surface area (Å²) in [6.07, 6.45) is 0. The molecule has 10 heteroatoms. The van der Waals surface area contributed by atoms with Gasteiger partial charge < -0.3 is 25.0 Å². The Kier molecular flexibility index (Phi) is 6.52. The van der Waals surface area contributed by atoms with Crippen molar-refractivity contribution in [2.75, 3.05) is 14.2 Å². The van der Waals surface area contributed by atoms with Crippen LogP contribution in [0.1, 0.15) is 21.5 Å². The Hall–Kier alpha value is -4.24. The van der Waals surface area contributed by atoms with E-state index in [1.54, 1.807) is 37.4 Å². The number of halogens is 1. The minimum atomic E-state index is -0.517. The fourth-order valence-corrected chi connectivity index (χ4v) is 4.01. The molecule has 3 N–H and O–H groups in total. The molecule has 1 amide bonds. The molecule has 0 saturated carbocycles. The SMILES string of the molecule is COc1ccc(Cl)cc1CN(C)C(=O)c1cc(-c2nnc(O)n2-c2ccccc2C)c(O)cc1O. The number of carbonyl (C=O) groups is 1. The number of carbonyl (C=O) groups excluding carboxylic acids is 1. The highest BCUT2D eigenvalue weighted by Crippen LogP contribution is 2.37. The third-order valence-electron chi connectivity index (χ3n) is 5.58. The first-order valence-electron chi connectivity index (χ1n) is 10.6. The zero-order valence-electron chi connectivity index (χ0n) is 19.2. The van der Waals surface area contributed by atoms with Gasteiger partial charge in [-0.05, 0) is 42.8 Å². The van der Waals surface area contributed by atoms with Gasteiger partial charge in [-0.15, -0.1) is 5.10 Å². The summed E-state index contributed by atoms with van der Waals surface area (Å²) in [5.74, 6) is -0.598. The highest BCUT2D eigenvalue weighted by Gasteiger charge is 2.24. The van der Waals surface area contributed by atoms with Crippen LogP contribution in [-0.2, 0) is 6.54 Å². The number of hydrogen-bond acceptors (Lipinski definition) is 7. The van der Waals surface area contributed by atoms with Crippen molar-refractivity contribution in [2.24, 2.45) is 0 Å². The second-order valence-electron chi connectivity index (χ2n) is 7.95. The summed E-state index contributed by atoms with van der Waals surface area (Å²) in [5, 5.41) is 39.7. The maximum absolute atomic E-state index is 13.3. The van der Waals surface area contributed by atoms with Gasteiger partial charge in [0.15, 0.2) is 5.82 Å². The van der Waals surface area contributed by atoms with Crippen LogP contribution >= 0.6 is 11.6 Å². The van der Waals surface area contributed by atoms with Crippen LogP contribution in [0, 0.1) is 6.92 Å². The molecular weight excluding hydrogens is 472 g/mol. The van der Waals surface area contributed by atoms with Crippen LogP contribution in [0.15, 0.2) is 54.6 Å². The Bertz CT molecular complexity index is 1420. The van der Waals surface area contributed by atoms with E-state index in [-0.39, 0.29) is 35.3 Å². The lowest BCUT2D eigenvalue weighted by Crippen LogP contribution is -2.26. The molecule has 180 valence electrons. The van der Waals surface area contributed by atoms with Crippen molar-refractivity contribution in [3.63, 3.8) is 0 Å². The standard InChI is InChI=1S/C25H23ClN4O5/c1-14-6-4-5-7-19(14)30-23(27-28-25(30)34)17-11-18(21(32)12-20(17)31)24(33)29(2)13-15-10-16(26)8-9-22(15)35-3/h4-12,31-32H,13H2,1-3H3,(H,28,34). The number of rotatable bonds is 6. The normalized spacial score (nSPS) is 10.9. The lowest BCUT2D eigenvalue weighted by Gasteiger charge is -2.20. The number of phenolic OH excluding ortho intramolecular Hbond substituents is 2. The van der Waals surface area contributed by atoms with Crippen molar-refractivity contribution in [3.8, 4) is 40.3 Å². The lowest BCUT2D eigenvalue weighted by atomic mass is 10.1. The highest BCUT2D eigenvalue weighted by molar-refractivity contribution is 6.30. The van der Waals surface area contributed by atoms with Gasteiger partial charge in [-0.1, -0.05) is 34.9 Å². The summed E-state index contributed by atoms with van der Waals surface area (Å²) in [4.78, 5) is 14.7. The van der Waals surface area contributed by atoms with E-state index in [2.05, 4.69) is 10.2 Å². The van der Waals surface area contributed by atoms with E-state index < -0.39 is 11.7 Å². The van der Waals surface area contributed by atoms with E-state index in [1.165, 1.54) is 22.6 Å². The van der Waals surface area contributed by atoms with Crippen molar-refractivity contribution in [3.05, 3.63) is 76.3 Å². The number of methoxy groups -OCH3 is 1. The minimum absolute atomic E-state index is 0.0693. The first-order chi connectivity index (χ1) is 16.7. The second-order valence-corrected chi connectivity index (χ2v) is 8.39. The number of hydrogen-bond donors (Lipinski definition) is 3. The van der Waals surface area contributed by atoms with Gasteiger partial charge in [-0.2, -0.15) is 0 Å². The number of benzene rings is 3. The number of aryl methyl sites for hydroxylation is 1. The molecule has 9 nitrogen and oxygen atoms in total. The second kappa shape index (κ2) is 9.55. The average molecular weight is 495 g/mol. The number of amides is 1. The summed E-state index contributed by atoms with van der Waals surface area (Å²) in [5.41, 5.74) is 2.14. The number of phenols is 2. The topological polar surface area (TPSA) is 121 Å². The molecule has 4 aromatic rings. The van der Waals surface area contributed by atoms with Gasteiger partial charge in [0.25, 0.3) is 5.91 Å². The number of aromatic hydroxyl groups is 3. The fraction of sp³-hybridized carbons (Fsp3) is 0.160. The Morgan fingerprint density at radius 1 is 1.06 bits per heavy atom. The number of aromatic nitrogens is 3. The predicted molar refractivity (Wildman–Crippen MR) is 130 cm³/mol. The Morgan fingerprint density at radius 3 is 2.51 bits per heavy atom. The molecule has 1 heterocycles. The van der Waals surface area contributed by atoms with Crippen LogP contribution in [0.5, 0.6) is 23.3 Å². The van der Waals surface area contributed by atoms with E-state index in [0.717, 1.165) is 11.6 Å². The van der Waals surface area contributed by atoms with Crippen LogP contribution in [0.25, 0.3) is 17.1 Å². The zero-order valence-corrected chi connectivity index (χ0v) is 20.0. The molecule has 0 saturated heterocycles. The lowest BCUT2D eigenvalue weighted by molar-refractivity contribution is 0.0781. The van der Waals surface area contributed by atoms with Crippen LogP contribution in [-0.4, -0.2) is 55.0 Å². The number of nitrogens with zero attached hydrogens (tertiary/aromatic N) is 4. The molecule has 1 aromatic heterocycles. The van der Waals surface area contributed by atoms with Gasteiger partial charge in [0.1, 0.15) is 17.2 Å². The van der Waals surface area contributed by atoms with Crippen molar-refractivity contribution < 1.29 is 24.9 Å². The molecule has 0 unspecified atom stereocenters. The van der Waals surface area contributed by atoms with Crippen LogP contribution < -0.4 is 4.74 Å². The molecule has 0 aliphatic rings. The van der Waals surface area contributed by atoms with E-state index in [9.17, 15) is 20.1 Å². The van der Waals surface area contributed by atoms with Crippen molar-refractivity contribution >= 4 is 17.5 Å². The smallest absolute Gasteiger partial charge is 0.319 e. The van der Waals surface area contributed by atoms with Gasteiger partial charge in [-0.3, -0.25) is 4.79 Å². The van der Waals surface area contributed by atoms with Gasteiger partial charge in [0.05, 0.1) is 23.9 Å². The first-order valence-corrected chi connectivity index (χ1v) is 10.9. The predicted octanol–water partition coefficient (Wildman–Crippen LogP) is 4.29. The fourth-order valence-electron chi connectivity index (χ4n) is 3.82. The van der Waals surface area contributed by atoms with E-state index in [1.807, 2.05) is 19.1 Å². The number of ether oxygens (including phenoxy) is 1. The molecule has 35 heavy (non-hydrogen) atoms. The third-order valence-corrected chi connectivity index (χ3v) is 5.82. The molecular formula is C25H23ClN4O5. The van der Waals surface area contributed by atoms with Gasteiger partial charge >= 0.3 is 6.01 Å². The largest absolute Gasteiger partial charge is 0.507 e. The molecule has 0 aliphatic heterocycles. The van der Waals surface area contributed by atoms with Crippen molar-refractivity contribution in [2.45, 2.75) is 13.5 Å². The van der Waals surface area contributed by atoms with Crippen LogP contribution in [0.2, 0.25) is 5.02 Å². The molecule has 0 radical (unpaired) electrons. The summed E-state index contributed by atoms with van der Waals surface area (Å²) >= 11 is 6.10. The van der Waals surface area contributed by atoms with Crippen molar-refractivity contribution in [1.82, 2.24) is 19.7 Å². The average Bonchev–Trinajstić information content (AvgIpc) is 3.20. The summed E-state index contributed by atoms with van der Waals surface area (Å²) < 4.78 is 6.71. The molecule has 0 fully saturated rings. The Morgan fingerprint density at radius 2 is 1.80 bits per heavy atom. The monoisotopic (exact) mass is 494 g/mol. The Labute approximate surface area is 206 Å². The number of para-hydroxylation sites is 1. The van der Waals surface area contributed by atoms with Gasteiger partial charge in [0.2, 0.25) is 0 Å². The highest BCUT2D eigenvalue weighted by atomic mass is 35.5. The van der Waals surface area contributed by atoms with Gasteiger partial charge in [0, 0.05) is 30.2 Å². The molecule has 3 aromatic carbocycles.